The summed E-state index contributed by atoms with van der Waals surface area (Å²) in [4.78, 5) is 43.0. The molecule has 2 aromatic rings. The number of fused-ring (bicyclic) bond motifs is 1. The maximum atomic E-state index is 13.9. The molecule has 2 aliphatic rings. The van der Waals surface area contributed by atoms with Crippen molar-refractivity contribution in [1.29, 1.82) is 0 Å². The number of imide groups is 1. The lowest BCUT2D eigenvalue weighted by molar-refractivity contribution is -0.131. The molecule has 0 unspecified atom stereocenters. The van der Waals surface area contributed by atoms with Crippen LogP contribution in [0.25, 0.3) is 0 Å². The SMILES string of the molecule is Cc1ccc2c(c1)C(=O)N(CCC(=O)N1CCCN(Cc3ccccc3F)CC1)C2=O. The Bertz CT molecular complexity index is 1020. The second-order valence-electron chi connectivity index (χ2n) is 8.16. The van der Waals surface area contributed by atoms with Crippen molar-refractivity contribution < 1.29 is 18.8 Å². The molecule has 0 N–H and O–H groups in total. The molecule has 6 nitrogen and oxygen atoms in total. The van der Waals surface area contributed by atoms with Crippen LogP contribution in [0.1, 0.15) is 44.7 Å². The molecule has 4 rings (SSSR count). The van der Waals surface area contributed by atoms with E-state index in [2.05, 4.69) is 4.90 Å². The van der Waals surface area contributed by atoms with E-state index in [4.69, 9.17) is 0 Å². The second kappa shape index (κ2) is 8.98. The zero-order valence-corrected chi connectivity index (χ0v) is 17.6. The fraction of sp³-hybridized carbons (Fsp3) is 0.375. The number of rotatable bonds is 5. The van der Waals surface area contributed by atoms with Crippen LogP contribution in [-0.2, 0) is 11.3 Å². The van der Waals surface area contributed by atoms with Gasteiger partial charge in [-0.05, 0) is 31.5 Å². The lowest BCUT2D eigenvalue weighted by Gasteiger charge is -2.23. The summed E-state index contributed by atoms with van der Waals surface area (Å²) in [6.45, 7) is 5.09. The van der Waals surface area contributed by atoms with E-state index in [0.717, 1.165) is 18.5 Å². The van der Waals surface area contributed by atoms with Crippen molar-refractivity contribution >= 4 is 17.7 Å². The van der Waals surface area contributed by atoms with Gasteiger partial charge in [-0.25, -0.2) is 4.39 Å². The number of hydrogen-bond donors (Lipinski definition) is 0. The van der Waals surface area contributed by atoms with E-state index >= 15 is 0 Å². The van der Waals surface area contributed by atoms with E-state index in [1.165, 1.54) is 11.0 Å². The summed E-state index contributed by atoms with van der Waals surface area (Å²) in [5.41, 5.74) is 2.39. The van der Waals surface area contributed by atoms with E-state index in [9.17, 15) is 18.8 Å². The van der Waals surface area contributed by atoms with Crippen LogP contribution in [0.2, 0.25) is 0 Å². The molecular weight excluding hydrogens is 397 g/mol. The smallest absolute Gasteiger partial charge is 0.261 e. The number of aryl methyl sites for hydroxylation is 1. The highest BCUT2D eigenvalue weighted by Crippen LogP contribution is 2.24. The maximum Gasteiger partial charge on any atom is 0.261 e. The van der Waals surface area contributed by atoms with Crippen molar-refractivity contribution in [1.82, 2.24) is 14.7 Å². The molecule has 3 amide bonds. The Hall–Kier alpha value is -3.06. The Morgan fingerprint density at radius 1 is 0.968 bits per heavy atom. The van der Waals surface area contributed by atoms with E-state index < -0.39 is 0 Å². The number of benzene rings is 2. The normalized spacial score (nSPS) is 17.1. The van der Waals surface area contributed by atoms with Gasteiger partial charge in [0.2, 0.25) is 5.91 Å². The second-order valence-corrected chi connectivity index (χ2v) is 8.16. The molecule has 2 aromatic carbocycles. The van der Waals surface area contributed by atoms with Gasteiger partial charge in [-0.15, -0.1) is 0 Å². The first-order valence-electron chi connectivity index (χ1n) is 10.6. The summed E-state index contributed by atoms with van der Waals surface area (Å²) in [5.74, 6) is -0.945. The molecule has 7 heteroatoms. The van der Waals surface area contributed by atoms with Crippen LogP contribution in [0.5, 0.6) is 0 Å². The van der Waals surface area contributed by atoms with Gasteiger partial charge < -0.3 is 4.90 Å². The van der Waals surface area contributed by atoms with Crippen molar-refractivity contribution in [3.05, 3.63) is 70.5 Å². The zero-order chi connectivity index (χ0) is 22.0. The Morgan fingerprint density at radius 2 is 1.74 bits per heavy atom. The Balaban J connectivity index is 1.31. The maximum absolute atomic E-state index is 13.9. The number of carbonyl (C=O) groups is 3. The molecule has 1 saturated heterocycles. The first-order valence-corrected chi connectivity index (χ1v) is 10.6. The third-order valence-corrected chi connectivity index (χ3v) is 5.97. The van der Waals surface area contributed by atoms with Gasteiger partial charge in [0.15, 0.2) is 0 Å². The molecule has 31 heavy (non-hydrogen) atoms. The number of nitrogens with zero attached hydrogens (tertiary/aromatic N) is 3. The number of hydrogen-bond acceptors (Lipinski definition) is 4. The van der Waals surface area contributed by atoms with Crippen molar-refractivity contribution in [2.24, 2.45) is 0 Å². The highest BCUT2D eigenvalue weighted by atomic mass is 19.1. The quantitative estimate of drug-likeness (QED) is 0.694. The fourth-order valence-electron chi connectivity index (χ4n) is 4.22. The lowest BCUT2D eigenvalue weighted by Crippen LogP contribution is -2.38. The summed E-state index contributed by atoms with van der Waals surface area (Å²) in [5, 5.41) is 0. The average molecular weight is 423 g/mol. The zero-order valence-electron chi connectivity index (χ0n) is 17.6. The summed E-state index contributed by atoms with van der Waals surface area (Å²) in [7, 11) is 0. The minimum Gasteiger partial charge on any atom is -0.341 e. The van der Waals surface area contributed by atoms with Crippen molar-refractivity contribution in [3.8, 4) is 0 Å². The molecule has 0 aliphatic carbocycles. The molecule has 0 atom stereocenters. The average Bonchev–Trinajstić information content (AvgIpc) is 2.91. The van der Waals surface area contributed by atoms with E-state index in [-0.39, 0.29) is 36.5 Å². The predicted octanol–water partition coefficient (Wildman–Crippen LogP) is 2.85. The van der Waals surface area contributed by atoms with Gasteiger partial charge in [0.25, 0.3) is 11.8 Å². The third-order valence-electron chi connectivity index (χ3n) is 5.97. The summed E-state index contributed by atoms with van der Waals surface area (Å²) < 4.78 is 13.9. The molecule has 0 bridgehead atoms. The first kappa shape index (κ1) is 21.2. The minimum absolute atomic E-state index is 0.0690. The topological polar surface area (TPSA) is 60.9 Å². The molecule has 0 saturated carbocycles. The van der Waals surface area contributed by atoms with Gasteiger partial charge >= 0.3 is 0 Å². The highest BCUT2D eigenvalue weighted by molar-refractivity contribution is 6.21. The molecule has 2 heterocycles. The van der Waals surface area contributed by atoms with Crippen LogP contribution in [0.15, 0.2) is 42.5 Å². The minimum atomic E-state index is -0.334. The van der Waals surface area contributed by atoms with Gasteiger partial charge in [0, 0.05) is 51.3 Å². The molecule has 0 spiro atoms. The third kappa shape index (κ3) is 4.51. The van der Waals surface area contributed by atoms with E-state index in [1.807, 2.05) is 19.1 Å². The number of carbonyl (C=O) groups excluding carboxylic acids is 3. The van der Waals surface area contributed by atoms with Crippen molar-refractivity contribution in [2.45, 2.75) is 26.3 Å². The molecule has 2 aliphatic heterocycles. The first-order chi connectivity index (χ1) is 14.9. The van der Waals surface area contributed by atoms with Gasteiger partial charge in [-0.3, -0.25) is 24.2 Å². The van der Waals surface area contributed by atoms with Crippen LogP contribution in [0.3, 0.4) is 0 Å². The monoisotopic (exact) mass is 423 g/mol. The van der Waals surface area contributed by atoms with Gasteiger partial charge in [0.05, 0.1) is 11.1 Å². The lowest BCUT2D eigenvalue weighted by atomic mass is 10.1. The van der Waals surface area contributed by atoms with E-state index in [1.54, 1.807) is 29.2 Å². The van der Waals surface area contributed by atoms with Gasteiger partial charge in [-0.1, -0.05) is 29.8 Å². The standard InChI is InChI=1S/C24H26FN3O3/c1-17-7-8-19-20(15-17)24(31)28(23(19)30)12-9-22(29)27-11-4-10-26(13-14-27)16-18-5-2-3-6-21(18)25/h2-3,5-8,15H,4,9-14,16H2,1H3. The molecule has 0 aromatic heterocycles. The summed E-state index contributed by atoms with van der Waals surface area (Å²) >= 11 is 0. The van der Waals surface area contributed by atoms with Crippen LogP contribution >= 0.6 is 0 Å². The Morgan fingerprint density at radius 3 is 2.55 bits per heavy atom. The van der Waals surface area contributed by atoms with Crippen LogP contribution < -0.4 is 0 Å². The van der Waals surface area contributed by atoms with Crippen LogP contribution in [-0.4, -0.2) is 65.1 Å². The molecular formula is C24H26FN3O3. The molecule has 162 valence electrons. The van der Waals surface area contributed by atoms with Crippen LogP contribution in [0, 0.1) is 12.7 Å². The largest absolute Gasteiger partial charge is 0.341 e. The summed E-state index contributed by atoms with van der Waals surface area (Å²) in [6, 6.07) is 11.9. The van der Waals surface area contributed by atoms with Crippen molar-refractivity contribution in [3.63, 3.8) is 0 Å². The predicted molar refractivity (Wildman–Crippen MR) is 114 cm³/mol. The number of halogens is 1. The number of amides is 3. The highest BCUT2D eigenvalue weighted by Gasteiger charge is 2.35. The van der Waals surface area contributed by atoms with E-state index in [0.29, 0.717) is 42.9 Å². The van der Waals surface area contributed by atoms with Crippen molar-refractivity contribution in [2.75, 3.05) is 32.7 Å². The fourth-order valence-corrected chi connectivity index (χ4v) is 4.22. The van der Waals surface area contributed by atoms with Crippen LogP contribution in [0.4, 0.5) is 4.39 Å². The molecule has 0 radical (unpaired) electrons. The summed E-state index contributed by atoms with van der Waals surface area (Å²) in [6.07, 6.45) is 0.907. The molecule has 1 fully saturated rings. The van der Waals surface area contributed by atoms with Gasteiger partial charge in [-0.2, -0.15) is 0 Å². The Kier molecular flexibility index (Phi) is 6.13. The Labute approximate surface area is 181 Å². The van der Waals surface area contributed by atoms with Gasteiger partial charge in [0.1, 0.15) is 5.82 Å².